The zero-order chi connectivity index (χ0) is 35.6. The molecule has 1 aromatic heterocycles. The highest BCUT2D eigenvalue weighted by atomic mass is 32.2. The van der Waals surface area contributed by atoms with Crippen LogP contribution in [-0.4, -0.2) is 85.1 Å². The van der Waals surface area contributed by atoms with Gasteiger partial charge >= 0.3 is 0 Å². The van der Waals surface area contributed by atoms with E-state index in [4.69, 9.17) is 14.5 Å². The largest absolute Gasteiger partial charge is 0.497 e. The van der Waals surface area contributed by atoms with Gasteiger partial charge in [-0.15, -0.1) is 6.58 Å². The zero-order valence-corrected chi connectivity index (χ0v) is 28.6. The Morgan fingerprint density at radius 1 is 1.10 bits per heavy atom. The van der Waals surface area contributed by atoms with E-state index in [1.165, 1.54) is 23.1 Å². The van der Waals surface area contributed by atoms with Crippen molar-refractivity contribution >= 4 is 44.6 Å². The van der Waals surface area contributed by atoms with Crippen LogP contribution in [0.2, 0.25) is 0 Å². The van der Waals surface area contributed by atoms with Crippen LogP contribution in [0.15, 0.2) is 79.4 Å². The molecule has 3 aromatic rings. The van der Waals surface area contributed by atoms with E-state index < -0.39 is 62.5 Å². The molecule has 2 saturated carbocycles. The molecule has 0 bridgehead atoms. The lowest BCUT2D eigenvalue weighted by Crippen LogP contribution is -2.57. The van der Waals surface area contributed by atoms with Gasteiger partial charge in [0.25, 0.3) is 5.91 Å². The number of likely N-dealkylation sites (tertiary alicyclic amines) is 1. The highest BCUT2D eigenvalue weighted by Crippen LogP contribution is 2.45. The Morgan fingerprint density at radius 3 is 2.52 bits per heavy atom. The monoisotopic (exact) mass is 701 g/mol. The molecule has 0 radical (unpaired) electrons. The number of hydrogen-bond donors (Lipinski definition) is 3. The lowest BCUT2D eigenvalue weighted by Gasteiger charge is -2.26. The third kappa shape index (κ3) is 7.20. The Labute approximate surface area is 290 Å². The second-order valence-electron chi connectivity index (χ2n) is 12.7. The van der Waals surface area contributed by atoms with Gasteiger partial charge in [-0.05, 0) is 44.4 Å². The van der Waals surface area contributed by atoms with E-state index in [9.17, 15) is 27.6 Å². The van der Waals surface area contributed by atoms with Crippen molar-refractivity contribution in [3.05, 3.63) is 79.4 Å². The van der Waals surface area contributed by atoms with Crippen molar-refractivity contribution in [2.75, 3.05) is 20.2 Å². The van der Waals surface area contributed by atoms with Crippen molar-refractivity contribution < 1.29 is 37.1 Å². The summed E-state index contributed by atoms with van der Waals surface area (Å²) in [6, 6.07) is 15.7. The number of benzene rings is 2. The maximum Gasteiger partial charge on any atom is 0.259 e. The maximum absolute atomic E-state index is 14.0. The van der Waals surface area contributed by atoms with Gasteiger partial charge in [0.1, 0.15) is 29.2 Å². The molecule has 4 atom stereocenters. The van der Waals surface area contributed by atoms with Gasteiger partial charge in [-0.25, -0.2) is 13.4 Å². The van der Waals surface area contributed by atoms with Crippen LogP contribution >= 0.6 is 0 Å². The van der Waals surface area contributed by atoms with E-state index in [-0.39, 0.29) is 25.9 Å². The number of aromatic nitrogens is 1. The number of hydrogen-bond acceptors (Lipinski definition) is 9. The first kappa shape index (κ1) is 34.6. The Morgan fingerprint density at radius 2 is 1.86 bits per heavy atom. The normalized spacial score (nSPS) is 22.9. The van der Waals surface area contributed by atoms with Crippen molar-refractivity contribution in [3.8, 4) is 22.8 Å². The zero-order valence-electron chi connectivity index (χ0n) is 27.8. The summed E-state index contributed by atoms with van der Waals surface area (Å²) < 4.78 is 39.3. The first-order chi connectivity index (χ1) is 24.0. The van der Waals surface area contributed by atoms with Crippen LogP contribution in [-0.2, 0) is 29.2 Å². The molecule has 0 unspecified atom stereocenters. The van der Waals surface area contributed by atoms with Gasteiger partial charge in [0.15, 0.2) is 0 Å². The Hall–Kier alpha value is -5.24. The number of methoxy groups -OCH3 is 1. The van der Waals surface area contributed by atoms with Gasteiger partial charge in [-0.1, -0.05) is 42.5 Å². The van der Waals surface area contributed by atoms with Crippen LogP contribution in [0.4, 0.5) is 0 Å². The SMILES string of the molecule is C=C[C@@H]1C[C@]1(NC(=O)[C@@H]1C[C@@H](Oc2cc(-c3ccccc3)nc3cc(OC)ccc23)CN1C(=O)CNC(=O)/C=C/C)C(=O)NS(=O)(=O)C1CC1. The number of carbonyl (C=O) groups excluding carboxylic acids is 4. The van der Waals surface area contributed by atoms with E-state index >= 15 is 0 Å². The van der Waals surface area contributed by atoms with Gasteiger partial charge in [0, 0.05) is 35.4 Å². The Kier molecular flexibility index (Phi) is 9.65. The van der Waals surface area contributed by atoms with Crippen molar-refractivity contribution in [1.29, 1.82) is 0 Å². The summed E-state index contributed by atoms with van der Waals surface area (Å²) in [4.78, 5) is 59.2. The average molecular weight is 702 g/mol. The molecular formula is C36H39N5O8S. The van der Waals surface area contributed by atoms with Crippen LogP contribution in [0.3, 0.4) is 0 Å². The molecule has 4 amide bonds. The van der Waals surface area contributed by atoms with Crippen molar-refractivity contribution in [2.45, 2.75) is 55.5 Å². The Balaban J connectivity index is 1.28. The van der Waals surface area contributed by atoms with E-state index in [0.717, 1.165) is 5.56 Å². The molecule has 3 N–H and O–H groups in total. The molecule has 0 spiro atoms. The van der Waals surface area contributed by atoms with Gasteiger partial charge in [0.2, 0.25) is 27.7 Å². The summed E-state index contributed by atoms with van der Waals surface area (Å²) in [6.07, 6.45) is 4.77. The lowest BCUT2D eigenvalue weighted by molar-refractivity contribution is -0.139. The third-order valence-corrected chi connectivity index (χ3v) is 11.0. The molecule has 1 aliphatic heterocycles. The van der Waals surface area contributed by atoms with Crippen molar-refractivity contribution in [1.82, 2.24) is 25.2 Å². The molecule has 2 aliphatic carbocycles. The topological polar surface area (TPSA) is 173 Å². The number of amides is 4. The number of nitrogens with one attached hydrogen (secondary N) is 3. The molecule has 50 heavy (non-hydrogen) atoms. The molecule has 6 rings (SSSR count). The van der Waals surface area contributed by atoms with E-state index in [1.54, 1.807) is 32.2 Å². The molecule has 2 aromatic carbocycles. The van der Waals surface area contributed by atoms with E-state index in [2.05, 4.69) is 21.9 Å². The van der Waals surface area contributed by atoms with Crippen molar-refractivity contribution in [3.63, 3.8) is 0 Å². The molecule has 1 saturated heterocycles. The van der Waals surface area contributed by atoms with Crippen molar-refractivity contribution in [2.24, 2.45) is 5.92 Å². The number of ether oxygens (including phenoxy) is 2. The minimum atomic E-state index is -3.88. The second kappa shape index (κ2) is 13.9. The molecular weight excluding hydrogens is 662 g/mol. The molecule has 13 nitrogen and oxygen atoms in total. The first-order valence-electron chi connectivity index (χ1n) is 16.4. The lowest BCUT2D eigenvalue weighted by atomic mass is 10.1. The average Bonchev–Trinajstić information content (AvgIpc) is 4.04. The number of nitrogens with zero attached hydrogens (tertiary/aromatic N) is 2. The van der Waals surface area contributed by atoms with Gasteiger partial charge in [-0.3, -0.25) is 23.9 Å². The van der Waals surface area contributed by atoms with Crippen LogP contribution in [0.1, 0.15) is 32.6 Å². The number of allylic oxidation sites excluding steroid dienone is 1. The fraction of sp³-hybridized carbons (Fsp3) is 0.361. The smallest absolute Gasteiger partial charge is 0.259 e. The minimum Gasteiger partial charge on any atom is -0.497 e. The first-order valence-corrected chi connectivity index (χ1v) is 17.9. The molecule has 2 heterocycles. The predicted molar refractivity (Wildman–Crippen MR) is 185 cm³/mol. The summed E-state index contributed by atoms with van der Waals surface area (Å²) >= 11 is 0. The summed E-state index contributed by atoms with van der Waals surface area (Å²) in [6.45, 7) is 5.04. The van der Waals surface area contributed by atoms with Crippen LogP contribution in [0.25, 0.3) is 22.2 Å². The molecule has 3 aliphatic rings. The van der Waals surface area contributed by atoms with Crippen LogP contribution in [0, 0.1) is 5.92 Å². The maximum atomic E-state index is 14.0. The second-order valence-corrected chi connectivity index (χ2v) is 14.7. The fourth-order valence-electron chi connectivity index (χ4n) is 6.24. The third-order valence-electron chi connectivity index (χ3n) is 9.21. The number of sulfonamides is 1. The highest BCUT2D eigenvalue weighted by Gasteiger charge is 2.62. The van der Waals surface area contributed by atoms with Gasteiger partial charge in [0.05, 0.1) is 36.7 Å². The van der Waals surface area contributed by atoms with Gasteiger partial charge in [-0.2, -0.15) is 0 Å². The summed E-state index contributed by atoms with van der Waals surface area (Å²) in [5.41, 5.74) is 0.588. The minimum absolute atomic E-state index is 0.00279. The number of carbonyl (C=O) groups is 4. The number of fused-ring (bicyclic) bond motifs is 1. The summed E-state index contributed by atoms with van der Waals surface area (Å²) in [7, 11) is -2.31. The highest BCUT2D eigenvalue weighted by molar-refractivity contribution is 7.91. The molecule has 262 valence electrons. The molecule has 3 fully saturated rings. The van der Waals surface area contributed by atoms with Crippen LogP contribution in [0.5, 0.6) is 11.5 Å². The standard InChI is InChI=1S/C36H39N5O8S/c1-4-9-32(42)37-20-33(43)41-21-25(17-30(41)34(44)39-36(19-23(36)5-2)35(45)40-50(46,47)26-13-14-26)49-31-18-28(22-10-7-6-8-11-22)38-29-16-24(48-3)12-15-27(29)31/h4-12,15-16,18,23,25-26,30H,2,13-14,17,19-21H2,1,3H3,(H,37,42)(H,39,44)(H,40,45)/b9-4+/t23-,25-,30+,36-/m1/s1. The van der Waals surface area contributed by atoms with Crippen LogP contribution < -0.4 is 24.8 Å². The van der Waals surface area contributed by atoms with Gasteiger partial charge < -0.3 is 25.0 Å². The summed E-state index contributed by atoms with van der Waals surface area (Å²) in [5, 5.41) is 5.35. The predicted octanol–water partition coefficient (Wildman–Crippen LogP) is 2.62. The fourth-order valence-corrected chi connectivity index (χ4v) is 7.60. The number of pyridine rings is 1. The summed E-state index contributed by atoms with van der Waals surface area (Å²) in [5.74, 6) is -1.91. The molecule has 14 heteroatoms. The van der Waals surface area contributed by atoms with E-state index in [1.807, 2.05) is 36.4 Å². The quantitative estimate of drug-likeness (QED) is 0.179. The number of rotatable bonds is 13. The Bertz CT molecular complexity index is 1980. The van der Waals surface area contributed by atoms with E-state index in [0.29, 0.717) is 40.9 Å².